The summed E-state index contributed by atoms with van der Waals surface area (Å²) in [6, 6.07) is 21.7. The number of rotatable bonds is 4. The van der Waals surface area contributed by atoms with Gasteiger partial charge in [0.1, 0.15) is 0 Å². The summed E-state index contributed by atoms with van der Waals surface area (Å²) in [7, 11) is 0. The minimum Gasteiger partial charge on any atom is -0.309 e. The van der Waals surface area contributed by atoms with E-state index < -0.39 is 0 Å². The van der Waals surface area contributed by atoms with Crippen molar-refractivity contribution in [3.8, 4) is 0 Å². The van der Waals surface area contributed by atoms with Gasteiger partial charge in [-0.1, -0.05) is 52.0 Å². The van der Waals surface area contributed by atoms with Gasteiger partial charge in [0.05, 0.1) is 11.9 Å². The standard InChI is InChI=1S/C23H26N2/c1-5-18-8-12-20(13-9-18)25(22-7-6-16-24-17-22)21-14-10-19(11-15-21)23(2,3)4/h6-17H,5H2,1-4H3. The van der Waals surface area contributed by atoms with Crippen LogP contribution in [0.5, 0.6) is 0 Å². The van der Waals surface area contributed by atoms with Crippen LogP contribution in [0.1, 0.15) is 38.8 Å². The molecule has 0 radical (unpaired) electrons. The zero-order valence-corrected chi connectivity index (χ0v) is 15.5. The number of anilines is 3. The highest BCUT2D eigenvalue weighted by Crippen LogP contribution is 2.35. The summed E-state index contributed by atoms with van der Waals surface area (Å²) < 4.78 is 0. The third kappa shape index (κ3) is 3.90. The van der Waals surface area contributed by atoms with Crippen LogP contribution in [0.25, 0.3) is 0 Å². The first-order valence-electron chi connectivity index (χ1n) is 8.88. The van der Waals surface area contributed by atoms with Gasteiger partial charge in [-0.15, -0.1) is 0 Å². The lowest BCUT2D eigenvalue weighted by molar-refractivity contribution is 0.590. The highest BCUT2D eigenvalue weighted by Gasteiger charge is 2.16. The Morgan fingerprint density at radius 3 is 1.88 bits per heavy atom. The van der Waals surface area contributed by atoms with Gasteiger partial charge in [-0.2, -0.15) is 0 Å². The summed E-state index contributed by atoms with van der Waals surface area (Å²) in [5.41, 5.74) is 6.19. The molecule has 0 aliphatic carbocycles. The van der Waals surface area contributed by atoms with E-state index in [4.69, 9.17) is 0 Å². The summed E-state index contributed by atoms with van der Waals surface area (Å²) in [5.74, 6) is 0. The Labute approximate surface area is 151 Å². The third-order valence-corrected chi connectivity index (χ3v) is 4.50. The van der Waals surface area contributed by atoms with Crippen molar-refractivity contribution in [3.05, 3.63) is 84.2 Å². The van der Waals surface area contributed by atoms with Gasteiger partial charge in [-0.05, 0) is 59.4 Å². The molecule has 0 saturated carbocycles. The van der Waals surface area contributed by atoms with Crippen molar-refractivity contribution in [2.75, 3.05) is 4.90 Å². The monoisotopic (exact) mass is 330 g/mol. The van der Waals surface area contributed by atoms with Crippen molar-refractivity contribution in [1.82, 2.24) is 4.98 Å². The van der Waals surface area contributed by atoms with Crippen LogP contribution in [-0.4, -0.2) is 4.98 Å². The Bertz CT molecular complexity index is 797. The lowest BCUT2D eigenvalue weighted by atomic mass is 9.87. The van der Waals surface area contributed by atoms with Crippen molar-refractivity contribution in [2.24, 2.45) is 0 Å². The minimum absolute atomic E-state index is 0.153. The van der Waals surface area contributed by atoms with E-state index in [2.05, 4.69) is 92.2 Å². The second kappa shape index (κ2) is 7.10. The molecule has 0 amide bonds. The number of pyridine rings is 1. The van der Waals surface area contributed by atoms with Crippen molar-refractivity contribution in [3.63, 3.8) is 0 Å². The van der Waals surface area contributed by atoms with Gasteiger partial charge >= 0.3 is 0 Å². The van der Waals surface area contributed by atoms with Gasteiger partial charge in [0.15, 0.2) is 0 Å². The van der Waals surface area contributed by atoms with E-state index >= 15 is 0 Å². The van der Waals surface area contributed by atoms with Crippen molar-refractivity contribution < 1.29 is 0 Å². The van der Waals surface area contributed by atoms with E-state index in [9.17, 15) is 0 Å². The molecule has 128 valence electrons. The second-order valence-corrected chi connectivity index (χ2v) is 7.36. The topological polar surface area (TPSA) is 16.1 Å². The molecule has 3 rings (SSSR count). The van der Waals surface area contributed by atoms with Crippen LogP contribution in [0.4, 0.5) is 17.1 Å². The molecule has 0 unspecified atom stereocenters. The predicted molar refractivity (Wildman–Crippen MR) is 107 cm³/mol. The van der Waals surface area contributed by atoms with Gasteiger partial charge in [-0.3, -0.25) is 4.98 Å². The van der Waals surface area contributed by atoms with Crippen LogP contribution >= 0.6 is 0 Å². The molecule has 25 heavy (non-hydrogen) atoms. The van der Waals surface area contributed by atoms with Crippen LogP contribution in [0.2, 0.25) is 0 Å². The van der Waals surface area contributed by atoms with Gasteiger partial charge < -0.3 is 4.90 Å². The van der Waals surface area contributed by atoms with Gasteiger partial charge in [0.25, 0.3) is 0 Å². The second-order valence-electron chi connectivity index (χ2n) is 7.36. The molecule has 1 heterocycles. The summed E-state index contributed by atoms with van der Waals surface area (Å²) in [4.78, 5) is 6.55. The Morgan fingerprint density at radius 2 is 1.40 bits per heavy atom. The maximum absolute atomic E-state index is 4.31. The largest absolute Gasteiger partial charge is 0.309 e. The van der Waals surface area contributed by atoms with E-state index in [0.29, 0.717) is 0 Å². The molecular formula is C23H26N2. The Balaban J connectivity index is 2.05. The molecule has 1 aromatic heterocycles. The number of benzene rings is 2. The molecule has 0 N–H and O–H groups in total. The van der Waals surface area contributed by atoms with E-state index in [1.165, 1.54) is 11.1 Å². The molecule has 2 nitrogen and oxygen atoms in total. The minimum atomic E-state index is 0.153. The number of aryl methyl sites for hydroxylation is 1. The average Bonchev–Trinajstić information content (AvgIpc) is 2.63. The molecule has 0 atom stereocenters. The highest BCUT2D eigenvalue weighted by atomic mass is 15.1. The molecular weight excluding hydrogens is 304 g/mol. The molecule has 3 aromatic rings. The fourth-order valence-electron chi connectivity index (χ4n) is 2.92. The van der Waals surface area contributed by atoms with Crippen molar-refractivity contribution >= 4 is 17.1 Å². The molecule has 0 saturated heterocycles. The van der Waals surface area contributed by atoms with E-state index in [1.807, 2.05) is 18.5 Å². The average molecular weight is 330 g/mol. The van der Waals surface area contributed by atoms with Crippen LogP contribution in [0, 0.1) is 0 Å². The maximum atomic E-state index is 4.31. The first-order valence-corrected chi connectivity index (χ1v) is 8.88. The summed E-state index contributed by atoms with van der Waals surface area (Å²) >= 11 is 0. The lowest BCUT2D eigenvalue weighted by Crippen LogP contribution is -2.13. The molecule has 2 aromatic carbocycles. The summed E-state index contributed by atoms with van der Waals surface area (Å²) in [5, 5.41) is 0. The predicted octanol–water partition coefficient (Wildman–Crippen LogP) is 6.41. The number of aromatic nitrogens is 1. The van der Waals surface area contributed by atoms with Crippen molar-refractivity contribution in [1.29, 1.82) is 0 Å². The van der Waals surface area contributed by atoms with E-state index in [-0.39, 0.29) is 5.41 Å². The number of nitrogens with zero attached hydrogens (tertiary/aromatic N) is 2. The first-order chi connectivity index (χ1) is 12.0. The fourth-order valence-corrected chi connectivity index (χ4v) is 2.92. The molecule has 0 spiro atoms. The van der Waals surface area contributed by atoms with Gasteiger partial charge in [0.2, 0.25) is 0 Å². The fraction of sp³-hybridized carbons (Fsp3) is 0.261. The first kappa shape index (κ1) is 17.2. The number of hydrogen-bond acceptors (Lipinski definition) is 2. The Morgan fingerprint density at radius 1 is 0.800 bits per heavy atom. The molecule has 0 aliphatic heterocycles. The van der Waals surface area contributed by atoms with Crippen LogP contribution < -0.4 is 4.90 Å². The SMILES string of the molecule is CCc1ccc(N(c2ccc(C(C)(C)C)cc2)c2cccnc2)cc1. The highest BCUT2D eigenvalue weighted by molar-refractivity contribution is 5.76. The zero-order valence-electron chi connectivity index (χ0n) is 15.5. The molecule has 2 heteroatoms. The molecule has 0 bridgehead atoms. The van der Waals surface area contributed by atoms with Gasteiger partial charge in [0, 0.05) is 17.6 Å². The van der Waals surface area contributed by atoms with Crippen LogP contribution in [-0.2, 0) is 11.8 Å². The Kier molecular flexibility index (Phi) is 4.89. The quantitative estimate of drug-likeness (QED) is 0.549. The van der Waals surface area contributed by atoms with Crippen LogP contribution in [0.3, 0.4) is 0 Å². The number of hydrogen-bond donors (Lipinski definition) is 0. The smallest absolute Gasteiger partial charge is 0.0644 e. The molecule has 0 fully saturated rings. The Hall–Kier alpha value is -2.61. The molecule has 0 aliphatic rings. The third-order valence-electron chi connectivity index (χ3n) is 4.50. The van der Waals surface area contributed by atoms with E-state index in [1.54, 1.807) is 0 Å². The van der Waals surface area contributed by atoms with Crippen LogP contribution in [0.15, 0.2) is 73.1 Å². The summed E-state index contributed by atoms with van der Waals surface area (Å²) in [6.07, 6.45) is 4.77. The maximum Gasteiger partial charge on any atom is 0.0644 e. The summed E-state index contributed by atoms with van der Waals surface area (Å²) in [6.45, 7) is 8.90. The lowest BCUT2D eigenvalue weighted by Gasteiger charge is -2.26. The zero-order chi connectivity index (χ0) is 17.9. The van der Waals surface area contributed by atoms with Gasteiger partial charge in [-0.25, -0.2) is 0 Å². The van der Waals surface area contributed by atoms with Crippen molar-refractivity contribution in [2.45, 2.75) is 39.5 Å². The normalized spacial score (nSPS) is 11.4. The van der Waals surface area contributed by atoms with E-state index in [0.717, 1.165) is 23.5 Å².